The van der Waals surface area contributed by atoms with Crippen molar-refractivity contribution >= 4 is 17.6 Å². The number of benzene rings is 2. The Kier molecular flexibility index (Phi) is 6.43. The van der Waals surface area contributed by atoms with Crippen molar-refractivity contribution in [3.63, 3.8) is 0 Å². The summed E-state index contributed by atoms with van der Waals surface area (Å²) >= 11 is 0. The Morgan fingerprint density at radius 1 is 1.00 bits per heavy atom. The van der Waals surface area contributed by atoms with Gasteiger partial charge in [0.1, 0.15) is 5.82 Å². The van der Waals surface area contributed by atoms with Crippen LogP contribution in [0, 0.1) is 5.92 Å². The molecule has 2 N–H and O–H groups in total. The maximum atomic E-state index is 12.8. The molecule has 0 unspecified atom stereocenters. The van der Waals surface area contributed by atoms with E-state index in [1.54, 1.807) is 11.7 Å². The van der Waals surface area contributed by atoms with Gasteiger partial charge in [-0.15, -0.1) is 0 Å². The van der Waals surface area contributed by atoms with E-state index in [-0.39, 0.29) is 17.7 Å². The molecule has 2 amide bonds. The number of amides is 2. The fourth-order valence-electron chi connectivity index (χ4n) is 3.93. The Morgan fingerprint density at radius 2 is 1.65 bits per heavy atom. The summed E-state index contributed by atoms with van der Waals surface area (Å²) in [5.41, 5.74) is 2.67. The standard InChI is InChI=1S/C24H27N5O2/c1-25-24(31)19-12-14-28(15-13-19)17-23(30)26-22-16-21(18-8-4-2-5-9-18)27-29(22)20-10-6-3-7-11-20/h2-11,16,19H,12-15,17H2,1H3,(H,25,31)(H,26,30). The Balaban J connectivity index is 1.48. The van der Waals surface area contributed by atoms with Crippen LogP contribution < -0.4 is 10.6 Å². The summed E-state index contributed by atoms with van der Waals surface area (Å²) in [6.45, 7) is 1.76. The van der Waals surface area contributed by atoms with Crippen LogP contribution in [0.15, 0.2) is 66.7 Å². The van der Waals surface area contributed by atoms with E-state index in [9.17, 15) is 9.59 Å². The van der Waals surface area contributed by atoms with Crippen LogP contribution in [0.2, 0.25) is 0 Å². The predicted octanol–water partition coefficient (Wildman–Crippen LogP) is 2.94. The number of rotatable bonds is 6. The Morgan fingerprint density at radius 3 is 2.29 bits per heavy atom. The van der Waals surface area contributed by atoms with Crippen molar-refractivity contribution in [2.45, 2.75) is 12.8 Å². The number of nitrogens with one attached hydrogen (secondary N) is 2. The van der Waals surface area contributed by atoms with E-state index in [2.05, 4.69) is 15.5 Å². The predicted molar refractivity (Wildman–Crippen MR) is 121 cm³/mol. The van der Waals surface area contributed by atoms with Gasteiger partial charge >= 0.3 is 0 Å². The van der Waals surface area contributed by atoms with Crippen molar-refractivity contribution in [2.24, 2.45) is 5.92 Å². The lowest BCUT2D eigenvalue weighted by Crippen LogP contribution is -2.42. The van der Waals surface area contributed by atoms with Gasteiger partial charge in [-0.2, -0.15) is 5.10 Å². The molecule has 1 aliphatic rings. The molecule has 7 nitrogen and oxygen atoms in total. The first-order valence-corrected chi connectivity index (χ1v) is 10.6. The first kappa shape index (κ1) is 20.8. The molecule has 0 spiro atoms. The molecular formula is C24H27N5O2. The monoisotopic (exact) mass is 417 g/mol. The van der Waals surface area contributed by atoms with Crippen LogP contribution in [-0.4, -0.2) is 53.2 Å². The number of piperidine rings is 1. The molecule has 0 radical (unpaired) electrons. The van der Waals surface area contributed by atoms with E-state index in [1.807, 2.05) is 66.7 Å². The van der Waals surface area contributed by atoms with Crippen molar-refractivity contribution < 1.29 is 9.59 Å². The molecule has 160 valence electrons. The topological polar surface area (TPSA) is 79.3 Å². The Labute approximate surface area is 182 Å². The van der Waals surface area contributed by atoms with E-state index < -0.39 is 0 Å². The summed E-state index contributed by atoms with van der Waals surface area (Å²) in [7, 11) is 1.67. The zero-order valence-electron chi connectivity index (χ0n) is 17.6. The zero-order chi connectivity index (χ0) is 21.6. The maximum absolute atomic E-state index is 12.8. The quantitative estimate of drug-likeness (QED) is 0.646. The number of anilines is 1. The maximum Gasteiger partial charge on any atom is 0.239 e. The van der Waals surface area contributed by atoms with Gasteiger partial charge in [0.15, 0.2) is 0 Å². The van der Waals surface area contributed by atoms with Gasteiger partial charge in [0.2, 0.25) is 11.8 Å². The molecule has 7 heteroatoms. The summed E-state index contributed by atoms with van der Waals surface area (Å²) < 4.78 is 1.76. The second-order valence-corrected chi connectivity index (χ2v) is 7.74. The van der Waals surface area contributed by atoms with E-state index in [0.29, 0.717) is 12.4 Å². The zero-order valence-corrected chi connectivity index (χ0v) is 17.6. The number of hydrogen-bond donors (Lipinski definition) is 2. The van der Waals surface area contributed by atoms with Gasteiger partial charge in [0, 0.05) is 24.6 Å². The minimum Gasteiger partial charge on any atom is -0.359 e. The van der Waals surface area contributed by atoms with Crippen molar-refractivity contribution in [3.05, 3.63) is 66.7 Å². The van der Waals surface area contributed by atoms with Crippen molar-refractivity contribution in [3.8, 4) is 16.9 Å². The van der Waals surface area contributed by atoms with Crippen LogP contribution in [0.1, 0.15) is 12.8 Å². The second-order valence-electron chi connectivity index (χ2n) is 7.74. The van der Waals surface area contributed by atoms with Crippen molar-refractivity contribution in [1.82, 2.24) is 20.0 Å². The van der Waals surface area contributed by atoms with Crippen molar-refractivity contribution in [1.29, 1.82) is 0 Å². The molecule has 0 saturated carbocycles. The normalized spacial score (nSPS) is 14.9. The molecule has 3 aromatic rings. The number of likely N-dealkylation sites (tertiary alicyclic amines) is 1. The Bertz CT molecular complexity index is 1020. The fraction of sp³-hybridized carbons (Fsp3) is 0.292. The van der Waals surface area contributed by atoms with Crippen LogP contribution in [0.4, 0.5) is 5.82 Å². The van der Waals surface area contributed by atoms with Crippen molar-refractivity contribution in [2.75, 3.05) is 32.0 Å². The van der Waals surface area contributed by atoms with Gasteiger partial charge < -0.3 is 10.6 Å². The Hall–Kier alpha value is -3.45. The van der Waals surface area contributed by atoms with Crippen LogP contribution in [0.25, 0.3) is 16.9 Å². The smallest absolute Gasteiger partial charge is 0.239 e. The third-order valence-electron chi connectivity index (χ3n) is 5.62. The fourth-order valence-corrected chi connectivity index (χ4v) is 3.93. The van der Waals surface area contributed by atoms with Gasteiger partial charge in [-0.05, 0) is 38.1 Å². The van der Waals surface area contributed by atoms with Gasteiger partial charge in [-0.1, -0.05) is 48.5 Å². The molecule has 31 heavy (non-hydrogen) atoms. The number of para-hydroxylation sites is 1. The minimum absolute atomic E-state index is 0.0391. The van der Waals surface area contributed by atoms with E-state index in [1.165, 1.54) is 0 Å². The molecule has 2 heterocycles. The van der Waals surface area contributed by atoms with Gasteiger partial charge in [-0.3, -0.25) is 14.5 Å². The molecule has 0 bridgehead atoms. The molecule has 1 fully saturated rings. The third kappa shape index (κ3) is 5.00. The molecule has 4 rings (SSSR count). The van der Waals surface area contributed by atoms with E-state index in [0.717, 1.165) is 42.9 Å². The largest absolute Gasteiger partial charge is 0.359 e. The van der Waals surface area contributed by atoms with Gasteiger partial charge in [-0.25, -0.2) is 4.68 Å². The lowest BCUT2D eigenvalue weighted by molar-refractivity contribution is -0.126. The lowest BCUT2D eigenvalue weighted by atomic mass is 9.96. The summed E-state index contributed by atoms with van der Waals surface area (Å²) in [4.78, 5) is 26.7. The molecule has 1 saturated heterocycles. The molecule has 1 aromatic heterocycles. The third-order valence-corrected chi connectivity index (χ3v) is 5.62. The van der Waals surface area contributed by atoms with E-state index >= 15 is 0 Å². The highest BCUT2D eigenvalue weighted by Crippen LogP contribution is 2.25. The molecular weight excluding hydrogens is 390 g/mol. The molecule has 0 atom stereocenters. The summed E-state index contributed by atoms with van der Waals surface area (Å²) in [5.74, 6) is 0.673. The summed E-state index contributed by atoms with van der Waals surface area (Å²) in [5, 5.41) is 10.5. The van der Waals surface area contributed by atoms with Crippen LogP contribution in [0.3, 0.4) is 0 Å². The van der Waals surface area contributed by atoms with Crippen LogP contribution in [-0.2, 0) is 9.59 Å². The summed E-state index contributed by atoms with van der Waals surface area (Å²) in [6.07, 6.45) is 1.54. The van der Waals surface area contributed by atoms with Gasteiger partial charge in [0.25, 0.3) is 0 Å². The number of hydrogen-bond acceptors (Lipinski definition) is 4. The lowest BCUT2D eigenvalue weighted by Gasteiger charge is -2.30. The van der Waals surface area contributed by atoms with Gasteiger partial charge in [0.05, 0.1) is 17.9 Å². The minimum atomic E-state index is -0.0879. The second kappa shape index (κ2) is 9.57. The SMILES string of the molecule is CNC(=O)C1CCN(CC(=O)Nc2cc(-c3ccccc3)nn2-c2ccccc2)CC1. The number of carbonyl (C=O) groups is 2. The average Bonchev–Trinajstić information content (AvgIpc) is 3.24. The number of carbonyl (C=O) groups excluding carboxylic acids is 2. The highest BCUT2D eigenvalue weighted by molar-refractivity contribution is 5.92. The average molecular weight is 418 g/mol. The van der Waals surface area contributed by atoms with E-state index in [4.69, 9.17) is 5.10 Å². The van der Waals surface area contributed by atoms with Crippen LogP contribution in [0.5, 0.6) is 0 Å². The first-order valence-electron chi connectivity index (χ1n) is 10.6. The number of nitrogens with zero attached hydrogens (tertiary/aromatic N) is 3. The first-order chi connectivity index (χ1) is 15.1. The van der Waals surface area contributed by atoms with Crippen LogP contribution >= 0.6 is 0 Å². The highest BCUT2D eigenvalue weighted by Gasteiger charge is 2.25. The summed E-state index contributed by atoms with van der Waals surface area (Å²) in [6, 6.07) is 21.6. The number of aromatic nitrogens is 2. The molecule has 2 aromatic carbocycles. The molecule has 1 aliphatic heterocycles. The highest BCUT2D eigenvalue weighted by atomic mass is 16.2. The molecule has 0 aliphatic carbocycles.